The van der Waals surface area contributed by atoms with E-state index in [-0.39, 0.29) is 11.8 Å². The molecule has 2 atom stereocenters. The molecule has 24 heavy (non-hydrogen) atoms. The van der Waals surface area contributed by atoms with Crippen LogP contribution in [0.3, 0.4) is 0 Å². The van der Waals surface area contributed by atoms with Gasteiger partial charge in [-0.05, 0) is 50.3 Å². The molecule has 1 amide bonds. The maximum Gasteiger partial charge on any atom is 0.235 e. The number of rotatable bonds is 6. The Balaban J connectivity index is 2.11. The number of benzene rings is 2. The summed E-state index contributed by atoms with van der Waals surface area (Å²) >= 11 is 0. The van der Waals surface area contributed by atoms with Gasteiger partial charge in [-0.15, -0.1) is 0 Å². The van der Waals surface area contributed by atoms with E-state index in [2.05, 4.69) is 4.72 Å². The highest BCUT2D eigenvalue weighted by Crippen LogP contribution is 2.20. The Morgan fingerprint density at radius 1 is 1.08 bits per heavy atom. The van der Waals surface area contributed by atoms with Gasteiger partial charge in [0.15, 0.2) is 11.0 Å². The predicted molar refractivity (Wildman–Crippen MR) is 99.1 cm³/mol. The zero-order chi connectivity index (χ0) is 17.7. The largest absolute Gasteiger partial charge is 0.274 e. The maximum absolute atomic E-state index is 12.7. The lowest BCUT2D eigenvalue weighted by Crippen LogP contribution is -2.33. The van der Waals surface area contributed by atoms with Crippen molar-refractivity contribution in [1.82, 2.24) is 4.72 Å². The Hall–Kier alpha value is -1.94. The number of hydrogen-bond donors (Lipinski definition) is 1. The molecule has 0 aliphatic heterocycles. The van der Waals surface area contributed by atoms with Crippen molar-refractivity contribution in [1.29, 1.82) is 0 Å². The Morgan fingerprint density at radius 3 is 2.21 bits per heavy atom. The molecule has 4 heteroatoms. The van der Waals surface area contributed by atoms with Gasteiger partial charge in [0, 0.05) is 5.92 Å². The molecule has 1 unspecified atom stereocenters. The molecule has 3 nitrogen and oxygen atoms in total. The maximum atomic E-state index is 12.7. The highest BCUT2D eigenvalue weighted by atomic mass is 32.2. The summed E-state index contributed by atoms with van der Waals surface area (Å²) in [7, 11) is -1.52. The summed E-state index contributed by atoms with van der Waals surface area (Å²) in [6.45, 7) is 7.86. The fraction of sp³-hybridized carbons (Fsp3) is 0.350. The summed E-state index contributed by atoms with van der Waals surface area (Å²) in [5.41, 5.74) is 4.14. The minimum atomic E-state index is -1.52. The molecule has 0 saturated heterocycles. The molecular weight excluding hydrogens is 318 g/mol. The average molecular weight is 343 g/mol. The zero-order valence-corrected chi connectivity index (χ0v) is 15.6. The van der Waals surface area contributed by atoms with Crippen LogP contribution in [0, 0.1) is 26.7 Å². The van der Waals surface area contributed by atoms with Crippen molar-refractivity contribution in [3.8, 4) is 0 Å². The smallest absolute Gasteiger partial charge is 0.235 e. The van der Waals surface area contributed by atoms with Gasteiger partial charge in [0.2, 0.25) is 5.91 Å². The number of nitrogens with one attached hydrogen (secondary N) is 1. The van der Waals surface area contributed by atoms with Crippen molar-refractivity contribution in [2.45, 2.75) is 45.4 Å². The van der Waals surface area contributed by atoms with Gasteiger partial charge in [0.1, 0.15) is 0 Å². The van der Waals surface area contributed by atoms with Crippen molar-refractivity contribution in [3.05, 3.63) is 64.7 Å². The first-order chi connectivity index (χ1) is 11.4. The Kier molecular flexibility index (Phi) is 6.32. The van der Waals surface area contributed by atoms with E-state index < -0.39 is 11.0 Å². The van der Waals surface area contributed by atoms with E-state index in [0.717, 1.165) is 22.3 Å². The molecule has 0 aromatic heterocycles. The van der Waals surface area contributed by atoms with E-state index in [9.17, 15) is 9.00 Å². The van der Waals surface area contributed by atoms with E-state index in [1.807, 2.05) is 70.2 Å². The number of hydrogen-bond acceptors (Lipinski definition) is 2. The Bertz CT molecular complexity index is 718. The van der Waals surface area contributed by atoms with Crippen LogP contribution in [0.4, 0.5) is 0 Å². The van der Waals surface area contributed by atoms with Gasteiger partial charge in [0.05, 0.1) is 4.90 Å². The van der Waals surface area contributed by atoms with Crippen molar-refractivity contribution in [2.24, 2.45) is 5.92 Å². The van der Waals surface area contributed by atoms with Crippen LogP contribution in [0.5, 0.6) is 0 Å². The van der Waals surface area contributed by atoms with Crippen LogP contribution >= 0.6 is 0 Å². The topological polar surface area (TPSA) is 46.2 Å². The van der Waals surface area contributed by atoms with Crippen molar-refractivity contribution in [2.75, 3.05) is 0 Å². The van der Waals surface area contributed by atoms with E-state index in [4.69, 9.17) is 0 Å². The number of carbonyl (C=O) groups is 1. The molecule has 1 N–H and O–H groups in total. The zero-order valence-electron chi connectivity index (χ0n) is 14.8. The number of aryl methyl sites for hydroxylation is 3. The molecule has 0 aliphatic rings. The van der Waals surface area contributed by atoms with Crippen LogP contribution < -0.4 is 4.72 Å². The molecule has 0 aliphatic carbocycles. The third-order valence-electron chi connectivity index (χ3n) is 4.17. The molecule has 0 radical (unpaired) electrons. The Labute approximate surface area is 147 Å². The van der Waals surface area contributed by atoms with Crippen molar-refractivity contribution >= 4 is 16.9 Å². The number of carbonyl (C=O) groups excluding carboxylic acids is 1. The molecule has 2 aromatic carbocycles. The molecule has 2 aromatic rings. The molecule has 128 valence electrons. The van der Waals surface area contributed by atoms with Crippen LogP contribution in [0.1, 0.15) is 35.6 Å². The molecule has 0 fully saturated rings. The van der Waals surface area contributed by atoms with Crippen molar-refractivity contribution < 1.29 is 9.00 Å². The highest BCUT2D eigenvalue weighted by molar-refractivity contribution is 7.83. The lowest BCUT2D eigenvalue weighted by Gasteiger charge is -2.16. The van der Waals surface area contributed by atoms with Gasteiger partial charge in [-0.25, -0.2) is 4.21 Å². The molecule has 0 saturated carbocycles. The Morgan fingerprint density at radius 2 is 1.67 bits per heavy atom. The summed E-state index contributed by atoms with van der Waals surface area (Å²) in [5, 5.41) is 0. The van der Waals surface area contributed by atoms with E-state index in [1.165, 1.54) is 0 Å². The number of amides is 1. The monoisotopic (exact) mass is 343 g/mol. The van der Waals surface area contributed by atoms with E-state index in [1.54, 1.807) is 0 Å². The lowest BCUT2D eigenvalue weighted by molar-refractivity contribution is -0.123. The van der Waals surface area contributed by atoms with Gasteiger partial charge in [-0.2, -0.15) is 0 Å². The molecule has 0 heterocycles. The first kappa shape index (κ1) is 18.4. The summed E-state index contributed by atoms with van der Waals surface area (Å²) in [6, 6.07) is 13.9. The van der Waals surface area contributed by atoms with Crippen LogP contribution in [0.25, 0.3) is 0 Å². The fourth-order valence-corrected chi connectivity index (χ4v) is 4.16. The molecule has 0 spiro atoms. The molecule has 0 bridgehead atoms. The minimum Gasteiger partial charge on any atom is -0.274 e. The van der Waals surface area contributed by atoms with Gasteiger partial charge in [-0.3, -0.25) is 9.52 Å². The van der Waals surface area contributed by atoms with Crippen LogP contribution in [-0.2, 0) is 22.2 Å². The van der Waals surface area contributed by atoms with Gasteiger partial charge < -0.3 is 0 Å². The second-order valence-electron chi connectivity index (χ2n) is 6.26. The molecule has 2 rings (SSSR count). The third-order valence-corrected chi connectivity index (χ3v) is 5.57. The highest BCUT2D eigenvalue weighted by Gasteiger charge is 2.21. The normalized spacial score (nSPS) is 13.3. The van der Waals surface area contributed by atoms with Crippen LogP contribution in [-0.4, -0.2) is 10.1 Å². The first-order valence-corrected chi connectivity index (χ1v) is 9.41. The van der Waals surface area contributed by atoms with Gasteiger partial charge >= 0.3 is 0 Å². The van der Waals surface area contributed by atoms with Gasteiger partial charge in [0.25, 0.3) is 0 Å². The van der Waals surface area contributed by atoms with E-state index >= 15 is 0 Å². The lowest BCUT2D eigenvalue weighted by atomic mass is 9.96. The second kappa shape index (κ2) is 8.25. The third kappa shape index (κ3) is 4.54. The molecular formula is C20H25NO2S. The standard InChI is InChI=1S/C20H25NO2S/c1-5-18(13-17-9-7-6-8-10-17)20(22)21-24(23)19-15(3)11-14(2)12-16(19)4/h6-12,18H,5,13H2,1-4H3,(H,21,22)/t18-,24?/m0/s1. The van der Waals surface area contributed by atoms with Crippen molar-refractivity contribution in [3.63, 3.8) is 0 Å². The fourth-order valence-electron chi connectivity index (χ4n) is 3.01. The summed E-state index contributed by atoms with van der Waals surface area (Å²) in [4.78, 5) is 13.3. The van der Waals surface area contributed by atoms with Gasteiger partial charge in [-0.1, -0.05) is 55.0 Å². The summed E-state index contributed by atoms with van der Waals surface area (Å²) in [6.07, 6.45) is 1.37. The quantitative estimate of drug-likeness (QED) is 0.861. The van der Waals surface area contributed by atoms with Crippen LogP contribution in [0.2, 0.25) is 0 Å². The SMILES string of the molecule is CC[C@@H](Cc1ccccc1)C(=O)NS(=O)c1c(C)cc(C)cc1C. The van der Waals surface area contributed by atoms with Crippen LogP contribution in [0.15, 0.2) is 47.4 Å². The second-order valence-corrected chi connectivity index (χ2v) is 7.41. The summed E-state index contributed by atoms with van der Waals surface area (Å²) in [5.74, 6) is -0.332. The van der Waals surface area contributed by atoms with E-state index in [0.29, 0.717) is 17.7 Å². The predicted octanol–water partition coefficient (Wildman–Crippen LogP) is 4.02. The average Bonchev–Trinajstić information content (AvgIpc) is 2.52. The first-order valence-electron chi connectivity index (χ1n) is 8.26. The minimum absolute atomic E-state index is 0.154. The summed E-state index contributed by atoms with van der Waals surface area (Å²) < 4.78 is 15.4.